The van der Waals surface area contributed by atoms with E-state index in [4.69, 9.17) is 19.8 Å². The highest BCUT2D eigenvalue weighted by atomic mass is 16.4. The van der Waals surface area contributed by atoms with E-state index >= 15 is 0 Å². The van der Waals surface area contributed by atoms with Gasteiger partial charge in [-0.05, 0) is 13.8 Å². The molecule has 0 bridgehead atoms. The predicted octanol–water partition coefficient (Wildman–Crippen LogP) is 0.921. The molecule has 0 atom stereocenters. The lowest BCUT2D eigenvalue weighted by molar-refractivity contribution is -0.159. The van der Waals surface area contributed by atoms with Crippen molar-refractivity contribution in [3.63, 3.8) is 0 Å². The molecule has 0 aromatic rings. The quantitative estimate of drug-likeness (QED) is 0.705. The zero-order valence-electron chi connectivity index (χ0n) is 10.7. The summed E-state index contributed by atoms with van der Waals surface area (Å²) < 4.78 is 0. The summed E-state index contributed by atoms with van der Waals surface area (Å²) in [6.45, 7) is 11.0. The Morgan fingerprint density at radius 3 is 1.88 bits per heavy atom. The average molecular weight is 244 g/mol. The Labute approximate surface area is 101 Å². The van der Waals surface area contributed by atoms with Gasteiger partial charge in [0.15, 0.2) is 0 Å². The van der Waals surface area contributed by atoms with Gasteiger partial charge in [-0.3, -0.25) is 4.99 Å². The van der Waals surface area contributed by atoms with Crippen molar-refractivity contribution in [1.29, 1.82) is 0 Å². The fourth-order valence-electron chi connectivity index (χ4n) is 1.51. The van der Waals surface area contributed by atoms with Crippen molar-refractivity contribution in [2.75, 3.05) is 13.1 Å². The maximum absolute atomic E-state index is 9.10. The van der Waals surface area contributed by atoms with E-state index in [2.05, 4.69) is 37.6 Å². The van der Waals surface area contributed by atoms with E-state index in [1.807, 2.05) is 0 Å². The summed E-state index contributed by atoms with van der Waals surface area (Å²) in [6, 6.07) is 0.610. The number of carboxylic acids is 2. The number of carbonyl (C=O) groups is 2. The zero-order valence-corrected chi connectivity index (χ0v) is 10.7. The molecule has 6 nitrogen and oxygen atoms in total. The molecule has 0 aromatic heterocycles. The van der Waals surface area contributed by atoms with Crippen LogP contribution in [0.5, 0.6) is 0 Å². The number of aliphatic imine (C=N–C) groups is 1. The van der Waals surface area contributed by atoms with Crippen molar-refractivity contribution >= 4 is 17.8 Å². The van der Waals surface area contributed by atoms with Gasteiger partial charge in [0.2, 0.25) is 0 Å². The van der Waals surface area contributed by atoms with Crippen LogP contribution in [0, 0.1) is 5.92 Å². The van der Waals surface area contributed by atoms with Crippen LogP contribution in [0.2, 0.25) is 0 Å². The normalized spacial score (nSPS) is 14.5. The van der Waals surface area contributed by atoms with E-state index in [-0.39, 0.29) is 0 Å². The number of carboxylic acid groups (broad SMARTS) is 2. The van der Waals surface area contributed by atoms with Gasteiger partial charge in [0.05, 0.1) is 6.54 Å². The summed E-state index contributed by atoms with van der Waals surface area (Å²) in [5.74, 6) is -1.77. The number of hydrogen-bond acceptors (Lipinski definition) is 4. The number of aliphatic carboxylic acids is 2. The fraction of sp³-hybridized carbons (Fsp3) is 0.727. The molecule has 2 N–H and O–H groups in total. The molecule has 0 fully saturated rings. The van der Waals surface area contributed by atoms with Gasteiger partial charge in [-0.25, -0.2) is 9.59 Å². The molecule has 0 aromatic carbocycles. The average Bonchev–Trinajstić information content (AvgIpc) is 2.66. The monoisotopic (exact) mass is 244 g/mol. The maximum atomic E-state index is 9.10. The summed E-state index contributed by atoms with van der Waals surface area (Å²) in [5, 5.41) is 14.8. The van der Waals surface area contributed by atoms with Crippen molar-refractivity contribution in [3.05, 3.63) is 0 Å². The molecule has 1 aliphatic rings. The van der Waals surface area contributed by atoms with Gasteiger partial charge in [-0.2, -0.15) is 0 Å². The molecular weight excluding hydrogens is 224 g/mol. The Bertz CT molecular complexity index is 299. The third-order valence-electron chi connectivity index (χ3n) is 2.23. The minimum absolute atomic E-state index is 0.583. The van der Waals surface area contributed by atoms with E-state index < -0.39 is 11.9 Å². The first-order valence-corrected chi connectivity index (χ1v) is 5.54. The first-order valence-electron chi connectivity index (χ1n) is 5.54. The van der Waals surface area contributed by atoms with Gasteiger partial charge in [0.1, 0.15) is 5.84 Å². The topological polar surface area (TPSA) is 90.2 Å². The number of hydrogen-bond donors (Lipinski definition) is 2. The van der Waals surface area contributed by atoms with E-state index in [9.17, 15) is 0 Å². The molecule has 1 aliphatic heterocycles. The Morgan fingerprint density at radius 2 is 1.65 bits per heavy atom. The van der Waals surface area contributed by atoms with Crippen LogP contribution in [-0.2, 0) is 9.59 Å². The standard InChI is InChI=1S/C9H18N2.C2H2O4/c1-7(2)9-10-5-6-11(9)8(3)4;3-1(4)2(5)6/h7-8H,5-6H2,1-4H3;(H,3,4)(H,5,6). The van der Waals surface area contributed by atoms with Crippen LogP contribution in [0.3, 0.4) is 0 Å². The van der Waals surface area contributed by atoms with Crippen molar-refractivity contribution in [1.82, 2.24) is 4.90 Å². The molecule has 0 saturated carbocycles. The molecule has 1 heterocycles. The molecule has 0 unspecified atom stereocenters. The van der Waals surface area contributed by atoms with Gasteiger partial charge >= 0.3 is 11.9 Å². The first kappa shape index (κ1) is 15.4. The number of nitrogens with zero attached hydrogens (tertiary/aromatic N) is 2. The SMILES string of the molecule is CC(C)C1=NCCN1C(C)C.O=C(O)C(=O)O. The van der Waals surface area contributed by atoms with Gasteiger partial charge in [-0.15, -0.1) is 0 Å². The zero-order chi connectivity index (χ0) is 13.6. The summed E-state index contributed by atoms with van der Waals surface area (Å²) in [5.41, 5.74) is 0. The Balaban J connectivity index is 0.000000366. The second-order valence-corrected chi connectivity index (χ2v) is 4.29. The van der Waals surface area contributed by atoms with Crippen molar-refractivity contribution in [2.45, 2.75) is 33.7 Å². The lowest BCUT2D eigenvalue weighted by atomic mass is 10.1. The van der Waals surface area contributed by atoms with Crippen LogP contribution in [0.1, 0.15) is 27.7 Å². The number of amidine groups is 1. The van der Waals surface area contributed by atoms with Crippen LogP contribution in [-0.4, -0.2) is 52.0 Å². The molecule has 98 valence electrons. The second kappa shape index (κ2) is 6.88. The third-order valence-corrected chi connectivity index (χ3v) is 2.23. The smallest absolute Gasteiger partial charge is 0.414 e. The van der Waals surface area contributed by atoms with Gasteiger partial charge in [0, 0.05) is 18.5 Å². The van der Waals surface area contributed by atoms with Crippen LogP contribution in [0.25, 0.3) is 0 Å². The van der Waals surface area contributed by atoms with Crippen LogP contribution in [0.15, 0.2) is 4.99 Å². The molecule has 0 aliphatic carbocycles. The summed E-state index contributed by atoms with van der Waals surface area (Å²) in [7, 11) is 0. The molecule has 0 spiro atoms. The van der Waals surface area contributed by atoms with Crippen LogP contribution < -0.4 is 0 Å². The largest absolute Gasteiger partial charge is 0.473 e. The summed E-state index contributed by atoms with van der Waals surface area (Å²) >= 11 is 0. The highest BCUT2D eigenvalue weighted by molar-refractivity contribution is 6.27. The molecule has 0 amide bonds. The molecule has 17 heavy (non-hydrogen) atoms. The molecule has 1 rings (SSSR count). The second-order valence-electron chi connectivity index (χ2n) is 4.29. The summed E-state index contributed by atoms with van der Waals surface area (Å²) in [6.07, 6.45) is 0. The Morgan fingerprint density at radius 1 is 1.18 bits per heavy atom. The minimum Gasteiger partial charge on any atom is -0.473 e. The van der Waals surface area contributed by atoms with Gasteiger partial charge in [-0.1, -0.05) is 13.8 Å². The van der Waals surface area contributed by atoms with Gasteiger partial charge in [0.25, 0.3) is 0 Å². The van der Waals surface area contributed by atoms with E-state index in [0.29, 0.717) is 12.0 Å². The minimum atomic E-state index is -1.82. The molecular formula is C11H20N2O4. The van der Waals surface area contributed by atoms with E-state index in [1.54, 1.807) is 0 Å². The highest BCUT2D eigenvalue weighted by Gasteiger charge is 2.21. The summed E-state index contributed by atoms with van der Waals surface area (Å²) in [4.78, 5) is 25.1. The highest BCUT2D eigenvalue weighted by Crippen LogP contribution is 2.12. The van der Waals surface area contributed by atoms with Crippen LogP contribution >= 0.6 is 0 Å². The molecule has 6 heteroatoms. The molecule has 0 saturated heterocycles. The number of rotatable bonds is 2. The van der Waals surface area contributed by atoms with Gasteiger partial charge < -0.3 is 15.1 Å². The predicted molar refractivity (Wildman–Crippen MR) is 64.3 cm³/mol. The Kier molecular flexibility index (Phi) is 6.23. The van der Waals surface area contributed by atoms with Crippen molar-refractivity contribution in [2.24, 2.45) is 10.9 Å². The first-order chi connectivity index (χ1) is 7.77. The molecule has 0 radical (unpaired) electrons. The van der Waals surface area contributed by atoms with E-state index in [1.165, 1.54) is 5.84 Å². The maximum Gasteiger partial charge on any atom is 0.414 e. The fourth-order valence-corrected chi connectivity index (χ4v) is 1.51. The van der Waals surface area contributed by atoms with Crippen LogP contribution in [0.4, 0.5) is 0 Å². The van der Waals surface area contributed by atoms with Crippen molar-refractivity contribution < 1.29 is 19.8 Å². The lowest BCUT2D eigenvalue weighted by Crippen LogP contribution is -2.36. The Hall–Kier alpha value is -1.59. The van der Waals surface area contributed by atoms with Crippen molar-refractivity contribution in [3.8, 4) is 0 Å². The lowest BCUT2D eigenvalue weighted by Gasteiger charge is -2.26. The van der Waals surface area contributed by atoms with E-state index in [0.717, 1.165) is 13.1 Å². The third kappa shape index (κ3) is 5.33.